The van der Waals surface area contributed by atoms with Crippen molar-refractivity contribution in [2.75, 3.05) is 6.61 Å². The van der Waals surface area contributed by atoms with Gasteiger partial charge in [-0.05, 0) is 48.4 Å². The predicted octanol–water partition coefficient (Wildman–Crippen LogP) is 4.45. The van der Waals surface area contributed by atoms with Gasteiger partial charge in [-0.1, -0.05) is 69.3 Å². The molecule has 2 amide bonds. The molecule has 3 rings (SSSR count). The number of rotatable bonds is 9. The number of benzene rings is 2. The van der Waals surface area contributed by atoms with Crippen LogP contribution in [0, 0.1) is 0 Å². The van der Waals surface area contributed by atoms with E-state index in [4.69, 9.17) is 4.74 Å². The minimum absolute atomic E-state index is 0.0926. The molecule has 3 N–H and O–H groups in total. The molecule has 176 valence electrons. The fourth-order valence-electron chi connectivity index (χ4n) is 4.30. The molecule has 0 radical (unpaired) electrons. The molecule has 0 heterocycles. The third-order valence-electron chi connectivity index (χ3n) is 6.90. The van der Waals surface area contributed by atoms with Gasteiger partial charge in [0.25, 0.3) is 0 Å². The van der Waals surface area contributed by atoms with Crippen LogP contribution in [-0.2, 0) is 14.3 Å². The number of hydrogen-bond donors (Lipinski definition) is 3. The van der Waals surface area contributed by atoms with E-state index in [1.807, 2.05) is 36.4 Å². The molecule has 0 fully saturated rings. The van der Waals surface area contributed by atoms with Gasteiger partial charge in [0.1, 0.15) is 17.7 Å². The van der Waals surface area contributed by atoms with Crippen molar-refractivity contribution in [2.24, 2.45) is 0 Å². The largest absolute Gasteiger partial charge is 0.480 e. The van der Waals surface area contributed by atoms with Crippen LogP contribution in [0.4, 0.5) is 4.79 Å². The summed E-state index contributed by atoms with van der Waals surface area (Å²) < 4.78 is 5.61. The molecular weight excluding hydrogens is 420 g/mol. The zero-order valence-electron chi connectivity index (χ0n) is 19.6. The molecule has 0 bridgehead atoms. The normalized spacial score (nSPS) is 14.5. The first kappa shape index (κ1) is 24.3. The van der Waals surface area contributed by atoms with Crippen molar-refractivity contribution in [3.8, 4) is 11.1 Å². The third-order valence-corrected chi connectivity index (χ3v) is 6.90. The minimum Gasteiger partial charge on any atom is -0.480 e. The topological polar surface area (TPSA) is 105 Å². The van der Waals surface area contributed by atoms with Crippen LogP contribution in [0.1, 0.15) is 64.0 Å². The first-order chi connectivity index (χ1) is 15.7. The molecule has 7 heteroatoms. The molecule has 1 atom stereocenters. The average molecular weight is 453 g/mol. The number of fused-ring (bicyclic) bond motifs is 3. The van der Waals surface area contributed by atoms with Crippen molar-refractivity contribution in [3.05, 3.63) is 59.7 Å². The molecule has 2 aromatic rings. The predicted molar refractivity (Wildman–Crippen MR) is 126 cm³/mol. The van der Waals surface area contributed by atoms with Crippen LogP contribution < -0.4 is 10.6 Å². The maximum Gasteiger partial charge on any atom is 0.408 e. The van der Waals surface area contributed by atoms with E-state index in [9.17, 15) is 19.5 Å². The van der Waals surface area contributed by atoms with Gasteiger partial charge in [-0.25, -0.2) is 9.59 Å². The Bertz CT molecular complexity index is 1000. The number of hydrogen-bond acceptors (Lipinski definition) is 4. The molecule has 2 aromatic carbocycles. The molecule has 0 aliphatic heterocycles. The van der Waals surface area contributed by atoms with Gasteiger partial charge < -0.3 is 20.5 Å². The first-order valence-corrected chi connectivity index (χ1v) is 11.4. The van der Waals surface area contributed by atoms with Crippen molar-refractivity contribution in [1.82, 2.24) is 10.6 Å². The molecule has 1 aliphatic carbocycles. The maximum atomic E-state index is 13.1. The Morgan fingerprint density at radius 1 is 0.879 bits per heavy atom. The minimum atomic E-state index is -1.42. The van der Waals surface area contributed by atoms with Gasteiger partial charge in [0.05, 0.1) is 0 Å². The number of nitrogens with one attached hydrogen (secondary N) is 2. The van der Waals surface area contributed by atoms with Crippen LogP contribution in [0.2, 0.25) is 0 Å². The van der Waals surface area contributed by atoms with Crippen LogP contribution in [0.15, 0.2) is 48.5 Å². The summed E-state index contributed by atoms with van der Waals surface area (Å²) in [5.74, 6) is -1.75. The molecule has 7 nitrogen and oxygen atoms in total. The number of ether oxygens (including phenoxy) is 1. The van der Waals surface area contributed by atoms with Gasteiger partial charge in [0.2, 0.25) is 5.91 Å². The van der Waals surface area contributed by atoms with Gasteiger partial charge in [-0.2, -0.15) is 0 Å². The van der Waals surface area contributed by atoms with E-state index >= 15 is 0 Å². The van der Waals surface area contributed by atoms with Gasteiger partial charge in [0, 0.05) is 5.92 Å². The Hall–Kier alpha value is -3.35. The average Bonchev–Trinajstić information content (AvgIpc) is 3.14. The van der Waals surface area contributed by atoms with Crippen molar-refractivity contribution < 1.29 is 24.2 Å². The molecule has 0 saturated heterocycles. The van der Waals surface area contributed by atoms with Gasteiger partial charge in [0.15, 0.2) is 0 Å². The molecule has 0 saturated carbocycles. The van der Waals surface area contributed by atoms with E-state index < -0.39 is 29.0 Å². The van der Waals surface area contributed by atoms with Crippen molar-refractivity contribution in [1.29, 1.82) is 0 Å². The van der Waals surface area contributed by atoms with Crippen molar-refractivity contribution in [2.45, 2.75) is 64.0 Å². The highest BCUT2D eigenvalue weighted by Crippen LogP contribution is 2.44. The van der Waals surface area contributed by atoms with E-state index in [2.05, 4.69) is 22.8 Å². The number of carbonyl (C=O) groups is 3. The Morgan fingerprint density at radius 2 is 1.39 bits per heavy atom. The summed E-state index contributed by atoms with van der Waals surface area (Å²) in [6.07, 6.45) is 0.0877. The maximum absolute atomic E-state index is 13.1. The first-order valence-electron chi connectivity index (χ1n) is 11.4. The molecule has 1 unspecified atom stereocenters. The SMILES string of the molecule is CCC(C)(NC(=O)C(CC)(CC)NC(=O)OCC1c2ccccc2-c2ccccc21)C(=O)O. The highest BCUT2D eigenvalue weighted by Gasteiger charge is 2.43. The summed E-state index contributed by atoms with van der Waals surface area (Å²) in [6.45, 7) is 6.82. The summed E-state index contributed by atoms with van der Waals surface area (Å²) in [7, 11) is 0. The highest BCUT2D eigenvalue weighted by atomic mass is 16.5. The second kappa shape index (κ2) is 9.65. The number of aliphatic carboxylic acids is 1. The Labute approximate surface area is 194 Å². The monoisotopic (exact) mass is 452 g/mol. The summed E-state index contributed by atoms with van der Waals surface area (Å²) >= 11 is 0. The smallest absolute Gasteiger partial charge is 0.408 e. The number of amides is 2. The lowest BCUT2D eigenvalue weighted by molar-refractivity contribution is -0.148. The molecule has 1 aliphatic rings. The Balaban J connectivity index is 1.73. The number of carboxylic acid groups (broad SMARTS) is 1. The lowest BCUT2D eigenvalue weighted by Gasteiger charge is -2.35. The summed E-state index contributed by atoms with van der Waals surface area (Å²) in [5, 5.41) is 14.8. The third kappa shape index (κ3) is 4.58. The number of carboxylic acids is 1. The van der Waals surface area contributed by atoms with Crippen LogP contribution in [0.5, 0.6) is 0 Å². The molecule has 33 heavy (non-hydrogen) atoms. The second-order valence-electron chi connectivity index (χ2n) is 8.68. The van der Waals surface area contributed by atoms with E-state index in [-0.39, 0.29) is 18.9 Å². The quantitative estimate of drug-likeness (QED) is 0.521. The van der Waals surface area contributed by atoms with Gasteiger partial charge in [-0.3, -0.25) is 4.79 Å². The molecule has 0 spiro atoms. The Morgan fingerprint density at radius 3 is 1.85 bits per heavy atom. The lowest BCUT2D eigenvalue weighted by Crippen LogP contribution is -2.64. The van der Waals surface area contributed by atoms with E-state index in [1.54, 1.807) is 20.8 Å². The van der Waals surface area contributed by atoms with Crippen molar-refractivity contribution >= 4 is 18.0 Å². The highest BCUT2D eigenvalue weighted by molar-refractivity contribution is 5.94. The fourth-order valence-corrected chi connectivity index (χ4v) is 4.30. The summed E-state index contributed by atoms with van der Waals surface area (Å²) in [4.78, 5) is 37.5. The summed E-state index contributed by atoms with van der Waals surface area (Å²) in [6, 6.07) is 16.1. The second-order valence-corrected chi connectivity index (χ2v) is 8.68. The molecular formula is C26H32N2O5. The zero-order chi connectivity index (χ0) is 24.2. The van der Waals surface area contributed by atoms with Gasteiger partial charge >= 0.3 is 12.1 Å². The van der Waals surface area contributed by atoms with E-state index in [1.165, 1.54) is 6.92 Å². The van der Waals surface area contributed by atoms with Crippen molar-refractivity contribution in [3.63, 3.8) is 0 Å². The van der Waals surface area contributed by atoms with Gasteiger partial charge in [-0.15, -0.1) is 0 Å². The van der Waals surface area contributed by atoms with E-state index in [0.29, 0.717) is 12.8 Å². The number of alkyl carbamates (subject to hydrolysis) is 1. The lowest BCUT2D eigenvalue weighted by atomic mass is 9.89. The van der Waals surface area contributed by atoms with Crippen LogP contribution in [0.25, 0.3) is 11.1 Å². The van der Waals surface area contributed by atoms with E-state index in [0.717, 1.165) is 22.3 Å². The molecule has 0 aromatic heterocycles. The van der Waals surface area contributed by atoms with Crippen LogP contribution in [0.3, 0.4) is 0 Å². The van der Waals surface area contributed by atoms with Crippen LogP contribution >= 0.6 is 0 Å². The zero-order valence-corrected chi connectivity index (χ0v) is 19.6. The Kier molecular flexibility index (Phi) is 7.10. The standard InChI is InChI=1S/C26H32N2O5/c1-5-25(4,23(30)31)27-22(29)26(6-2,7-3)28-24(32)33-16-21-19-14-10-8-12-17(19)18-13-9-11-15-20(18)21/h8-15,21H,5-7,16H2,1-4H3,(H,27,29)(H,28,32)(H,30,31). The summed E-state index contributed by atoms with van der Waals surface area (Å²) in [5.41, 5.74) is 1.77. The van der Waals surface area contributed by atoms with Crippen LogP contribution in [-0.4, -0.2) is 40.8 Å². The number of carbonyl (C=O) groups excluding carboxylic acids is 2. The fraction of sp³-hybridized carbons (Fsp3) is 0.423.